The van der Waals surface area contributed by atoms with Crippen molar-refractivity contribution < 1.29 is 4.79 Å². The van der Waals surface area contributed by atoms with Crippen LogP contribution in [-0.4, -0.2) is 35.9 Å². The summed E-state index contributed by atoms with van der Waals surface area (Å²) in [7, 11) is 0. The number of hydrogen-bond donors (Lipinski definition) is 1. The highest BCUT2D eigenvalue weighted by molar-refractivity contribution is 8.00. The van der Waals surface area contributed by atoms with Crippen molar-refractivity contribution in [2.24, 2.45) is 0 Å². The lowest BCUT2D eigenvalue weighted by Gasteiger charge is -2.14. The van der Waals surface area contributed by atoms with Crippen LogP contribution in [0.5, 0.6) is 0 Å². The normalized spacial score (nSPS) is 12.0. The van der Waals surface area contributed by atoms with Crippen LogP contribution >= 0.6 is 23.5 Å². The van der Waals surface area contributed by atoms with Crippen LogP contribution in [0.4, 0.5) is 5.69 Å². The lowest BCUT2D eigenvalue weighted by atomic mass is 10.2. The lowest BCUT2D eigenvalue weighted by molar-refractivity contribution is -0.115. The standard InChI is InChI=1S/C21H26N6OS2/c1-6-27-18(12-29-20-22-14(3)11-15(4)23-20)25-26-21(27)30-16(5)19(28)24-17-10-8-7-9-13(17)2/h7-11,16H,6,12H2,1-5H3,(H,24,28). The molecular weight excluding hydrogens is 416 g/mol. The number of amides is 1. The zero-order valence-electron chi connectivity index (χ0n) is 17.8. The van der Waals surface area contributed by atoms with E-state index in [-0.39, 0.29) is 11.2 Å². The number of anilines is 1. The summed E-state index contributed by atoms with van der Waals surface area (Å²) in [4.78, 5) is 21.6. The highest BCUT2D eigenvalue weighted by Gasteiger charge is 2.20. The second kappa shape index (κ2) is 10.1. The molecule has 0 saturated carbocycles. The van der Waals surface area contributed by atoms with Gasteiger partial charge < -0.3 is 9.88 Å². The van der Waals surface area contributed by atoms with Crippen molar-refractivity contribution in [3.63, 3.8) is 0 Å². The van der Waals surface area contributed by atoms with Gasteiger partial charge in [0.1, 0.15) is 5.82 Å². The second-order valence-corrected chi connectivity index (χ2v) is 9.18. The summed E-state index contributed by atoms with van der Waals surface area (Å²) in [6, 6.07) is 9.71. The maximum atomic E-state index is 12.6. The summed E-state index contributed by atoms with van der Waals surface area (Å²) in [5.74, 6) is 1.41. The van der Waals surface area contributed by atoms with Gasteiger partial charge in [-0.05, 0) is 52.3 Å². The Bertz CT molecular complexity index is 1020. The summed E-state index contributed by atoms with van der Waals surface area (Å²) >= 11 is 2.95. The van der Waals surface area contributed by atoms with E-state index in [0.717, 1.165) is 45.3 Å². The summed E-state index contributed by atoms with van der Waals surface area (Å²) < 4.78 is 2.04. The zero-order chi connectivity index (χ0) is 21.7. The maximum Gasteiger partial charge on any atom is 0.237 e. The fourth-order valence-corrected chi connectivity index (χ4v) is 4.70. The van der Waals surface area contributed by atoms with Gasteiger partial charge in [-0.25, -0.2) is 9.97 Å². The summed E-state index contributed by atoms with van der Waals surface area (Å²) in [6.45, 7) is 10.6. The summed E-state index contributed by atoms with van der Waals surface area (Å²) in [5, 5.41) is 12.8. The minimum absolute atomic E-state index is 0.0560. The van der Waals surface area contributed by atoms with Gasteiger partial charge in [-0.1, -0.05) is 41.7 Å². The molecule has 1 amide bonds. The van der Waals surface area contributed by atoms with Crippen LogP contribution < -0.4 is 5.32 Å². The summed E-state index contributed by atoms with van der Waals surface area (Å²) in [6.07, 6.45) is 0. The maximum absolute atomic E-state index is 12.6. The Morgan fingerprint density at radius 1 is 1.13 bits per heavy atom. The Morgan fingerprint density at radius 2 is 1.83 bits per heavy atom. The quantitative estimate of drug-likeness (QED) is 0.408. The van der Waals surface area contributed by atoms with E-state index in [1.165, 1.54) is 23.5 Å². The van der Waals surface area contributed by atoms with E-state index in [1.807, 2.05) is 69.5 Å². The molecular formula is C21H26N6OS2. The minimum atomic E-state index is -0.303. The molecule has 3 rings (SSSR count). The number of para-hydroxylation sites is 1. The molecule has 0 bridgehead atoms. The van der Waals surface area contributed by atoms with Gasteiger partial charge in [-0.3, -0.25) is 4.79 Å². The molecule has 1 aromatic carbocycles. The SMILES string of the molecule is CCn1c(CSc2nc(C)cc(C)n2)nnc1SC(C)C(=O)Nc1ccccc1C. The first-order chi connectivity index (χ1) is 14.4. The Labute approximate surface area is 185 Å². The van der Waals surface area contributed by atoms with Gasteiger partial charge in [0.2, 0.25) is 5.91 Å². The number of carbonyl (C=O) groups is 1. The van der Waals surface area contributed by atoms with Crippen LogP contribution in [0.1, 0.15) is 36.6 Å². The van der Waals surface area contributed by atoms with Crippen molar-refractivity contribution in [3.05, 3.63) is 53.1 Å². The van der Waals surface area contributed by atoms with Gasteiger partial charge in [-0.15, -0.1) is 10.2 Å². The van der Waals surface area contributed by atoms with E-state index in [4.69, 9.17) is 0 Å². The second-order valence-electron chi connectivity index (χ2n) is 6.93. The van der Waals surface area contributed by atoms with E-state index in [0.29, 0.717) is 5.75 Å². The molecule has 158 valence electrons. The molecule has 1 unspecified atom stereocenters. The number of aryl methyl sites for hydroxylation is 3. The molecule has 0 fully saturated rings. The van der Waals surface area contributed by atoms with Crippen LogP contribution in [0, 0.1) is 20.8 Å². The van der Waals surface area contributed by atoms with Crippen LogP contribution in [-0.2, 0) is 17.1 Å². The molecule has 2 heterocycles. The van der Waals surface area contributed by atoms with Crippen molar-refractivity contribution in [2.45, 2.75) is 62.5 Å². The Kier molecular flexibility index (Phi) is 7.49. The monoisotopic (exact) mass is 442 g/mol. The molecule has 0 spiro atoms. The predicted octanol–water partition coefficient (Wildman–Crippen LogP) is 4.42. The van der Waals surface area contributed by atoms with Crippen molar-refractivity contribution >= 4 is 35.1 Å². The number of nitrogens with zero attached hydrogens (tertiary/aromatic N) is 5. The molecule has 0 aliphatic heterocycles. The van der Waals surface area contributed by atoms with Crippen molar-refractivity contribution in [1.82, 2.24) is 24.7 Å². The van der Waals surface area contributed by atoms with Gasteiger partial charge in [0.15, 0.2) is 10.3 Å². The largest absolute Gasteiger partial charge is 0.325 e. The molecule has 2 aromatic heterocycles. The molecule has 0 aliphatic rings. The molecule has 0 radical (unpaired) electrons. The number of nitrogens with one attached hydrogen (secondary N) is 1. The molecule has 3 aromatic rings. The smallest absolute Gasteiger partial charge is 0.237 e. The molecule has 0 aliphatic carbocycles. The molecule has 1 atom stereocenters. The topological polar surface area (TPSA) is 85.6 Å². The van der Waals surface area contributed by atoms with E-state index in [2.05, 4.69) is 25.5 Å². The molecule has 0 saturated heterocycles. The van der Waals surface area contributed by atoms with Crippen LogP contribution in [0.3, 0.4) is 0 Å². The third-order valence-electron chi connectivity index (χ3n) is 4.46. The third-order valence-corrected chi connectivity index (χ3v) is 6.38. The number of hydrogen-bond acceptors (Lipinski definition) is 7. The van der Waals surface area contributed by atoms with Gasteiger partial charge in [0.05, 0.1) is 11.0 Å². The Balaban J connectivity index is 1.66. The van der Waals surface area contributed by atoms with E-state index >= 15 is 0 Å². The minimum Gasteiger partial charge on any atom is -0.325 e. The van der Waals surface area contributed by atoms with E-state index < -0.39 is 0 Å². The van der Waals surface area contributed by atoms with Crippen LogP contribution in [0.25, 0.3) is 0 Å². The van der Waals surface area contributed by atoms with E-state index in [1.54, 1.807) is 0 Å². The number of thioether (sulfide) groups is 2. The first-order valence-electron chi connectivity index (χ1n) is 9.77. The first kappa shape index (κ1) is 22.3. The van der Waals surface area contributed by atoms with Gasteiger partial charge in [0, 0.05) is 23.6 Å². The highest BCUT2D eigenvalue weighted by Crippen LogP contribution is 2.26. The fourth-order valence-electron chi connectivity index (χ4n) is 2.88. The highest BCUT2D eigenvalue weighted by atomic mass is 32.2. The van der Waals surface area contributed by atoms with Gasteiger partial charge in [0.25, 0.3) is 0 Å². The Morgan fingerprint density at radius 3 is 2.50 bits per heavy atom. The average molecular weight is 443 g/mol. The van der Waals surface area contributed by atoms with Gasteiger partial charge >= 0.3 is 0 Å². The van der Waals surface area contributed by atoms with Gasteiger partial charge in [-0.2, -0.15) is 0 Å². The molecule has 1 N–H and O–H groups in total. The number of rotatable bonds is 8. The third kappa shape index (κ3) is 5.60. The van der Waals surface area contributed by atoms with Crippen molar-refractivity contribution in [1.29, 1.82) is 0 Å². The summed E-state index contributed by atoms with van der Waals surface area (Å²) in [5.41, 5.74) is 3.77. The molecule has 7 nitrogen and oxygen atoms in total. The van der Waals surface area contributed by atoms with Crippen LogP contribution in [0.2, 0.25) is 0 Å². The fraction of sp³-hybridized carbons (Fsp3) is 0.381. The zero-order valence-corrected chi connectivity index (χ0v) is 19.5. The lowest BCUT2D eigenvalue weighted by Crippen LogP contribution is -2.23. The number of benzene rings is 1. The average Bonchev–Trinajstić information content (AvgIpc) is 3.08. The number of carbonyl (C=O) groups excluding carboxylic acids is 1. The van der Waals surface area contributed by atoms with Crippen LogP contribution in [0.15, 0.2) is 40.6 Å². The first-order valence-corrected chi connectivity index (χ1v) is 11.6. The Hall–Kier alpha value is -2.39. The van der Waals surface area contributed by atoms with Crippen molar-refractivity contribution in [3.8, 4) is 0 Å². The van der Waals surface area contributed by atoms with E-state index in [9.17, 15) is 4.79 Å². The number of aromatic nitrogens is 5. The van der Waals surface area contributed by atoms with Crippen molar-refractivity contribution in [2.75, 3.05) is 5.32 Å². The molecule has 30 heavy (non-hydrogen) atoms. The predicted molar refractivity (Wildman–Crippen MR) is 122 cm³/mol. The molecule has 9 heteroatoms.